The van der Waals surface area contributed by atoms with Crippen LogP contribution in [0.5, 0.6) is 5.75 Å². The number of aliphatic hydroxyl groups excluding tert-OH is 2. The first-order valence-electron chi connectivity index (χ1n) is 14.3. The molecule has 4 atom stereocenters. The van der Waals surface area contributed by atoms with E-state index < -0.39 is 63.8 Å². The van der Waals surface area contributed by atoms with Gasteiger partial charge in [0, 0.05) is 37.2 Å². The third-order valence-corrected chi connectivity index (χ3v) is 9.53. The Morgan fingerprint density at radius 1 is 1.09 bits per heavy atom. The van der Waals surface area contributed by atoms with E-state index in [9.17, 15) is 39.6 Å². The zero-order valence-electron chi connectivity index (χ0n) is 25.0. The maximum Gasteiger partial charge on any atom is 0.255 e. The second-order valence-corrected chi connectivity index (χ2v) is 12.6. The van der Waals surface area contributed by atoms with E-state index in [4.69, 9.17) is 5.73 Å². The molecule has 4 aliphatic rings. The largest absolute Gasteiger partial charge is 0.510 e. The van der Waals surface area contributed by atoms with Gasteiger partial charge in [-0.25, -0.2) is 0 Å². The molecule has 5 rings (SSSR count). The summed E-state index contributed by atoms with van der Waals surface area (Å²) in [4.78, 5) is 58.4. The fourth-order valence-electron chi connectivity index (χ4n) is 7.30. The van der Waals surface area contributed by atoms with E-state index in [2.05, 4.69) is 10.2 Å². The maximum absolute atomic E-state index is 14.2. The second kappa shape index (κ2) is 10.6. The number of carbonyl (C=O) groups is 4. The molecule has 13 heteroatoms. The number of amides is 2. The minimum absolute atomic E-state index is 0.00595. The van der Waals surface area contributed by atoms with E-state index in [1.54, 1.807) is 39.2 Å². The number of nitrogens with two attached hydrogens (primary N) is 1. The van der Waals surface area contributed by atoms with Crippen molar-refractivity contribution >= 4 is 34.8 Å². The Bertz CT molecular complexity index is 1490. The SMILES string of the molecule is CN1CCC(C(=O)Nc2cc(N(C)C)c3c(c2O)C(=O)C2=C(O)[C@]4(O)C(=O)C(C(N)=O)=C(O)[C@@H](N(C)C)C4CC2C3)CC1. The van der Waals surface area contributed by atoms with Crippen LogP contribution in [0.15, 0.2) is 28.7 Å². The van der Waals surface area contributed by atoms with Crippen molar-refractivity contribution in [2.45, 2.75) is 37.3 Å². The summed E-state index contributed by atoms with van der Waals surface area (Å²) in [6, 6.07) is 0.548. The van der Waals surface area contributed by atoms with Crippen LogP contribution in [0.4, 0.5) is 11.4 Å². The number of likely N-dealkylation sites (N-methyl/N-ethyl adjacent to an activating group) is 1. The van der Waals surface area contributed by atoms with E-state index in [0.29, 0.717) is 24.1 Å². The van der Waals surface area contributed by atoms with Gasteiger partial charge in [-0.2, -0.15) is 0 Å². The molecule has 1 fully saturated rings. The Kier molecular flexibility index (Phi) is 7.56. The molecule has 1 aromatic rings. The number of Topliss-reactive ketones (excluding diaryl/α,β-unsaturated/α-hetero) is 2. The quantitative estimate of drug-likeness (QED) is 0.204. The van der Waals surface area contributed by atoms with Crippen molar-refractivity contribution in [2.24, 2.45) is 23.5 Å². The summed E-state index contributed by atoms with van der Waals surface area (Å²) in [5.74, 6) is -7.74. The first-order valence-corrected chi connectivity index (χ1v) is 14.3. The monoisotopic (exact) mass is 597 g/mol. The molecule has 43 heavy (non-hydrogen) atoms. The molecule has 0 saturated carbocycles. The van der Waals surface area contributed by atoms with E-state index >= 15 is 0 Å². The molecule has 232 valence electrons. The van der Waals surface area contributed by atoms with Crippen LogP contribution in [0.1, 0.15) is 35.2 Å². The van der Waals surface area contributed by atoms with E-state index in [1.165, 1.54) is 4.90 Å². The number of anilines is 2. The zero-order valence-corrected chi connectivity index (χ0v) is 25.0. The highest BCUT2D eigenvalue weighted by Crippen LogP contribution is 2.54. The molecule has 2 amide bonds. The molecular weight excluding hydrogens is 558 g/mol. The van der Waals surface area contributed by atoms with Crippen LogP contribution in [0, 0.1) is 17.8 Å². The molecule has 0 bridgehead atoms. The molecule has 0 radical (unpaired) electrons. The number of likely N-dealkylation sites (tertiary alicyclic amines) is 1. The molecule has 1 aliphatic heterocycles. The number of phenols is 1. The van der Waals surface area contributed by atoms with Crippen molar-refractivity contribution in [1.29, 1.82) is 0 Å². The van der Waals surface area contributed by atoms with Gasteiger partial charge in [0.15, 0.2) is 17.1 Å². The number of rotatable bonds is 5. The predicted molar refractivity (Wildman–Crippen MR) is 157 cm³/mol. The smallest absolute Gasteiger partial charge is 0.255 e. The molecule has 0 spiro atoms. The van der Waals surface area contributed by atoms with Gasteiger partial charge in [-0.3, -0.25) is 24.1 Å². The van der Waals surface area contributed by atoms with Crippen molar-refractivity contribution in [2.75, 3.05) is 58.5 Å². The summed E-state index contributed by atoms with van der Waals surface area (Å²) >= 11 is 0. The summed E-state index contributed by atoms with van der Waals surface area (Å²) in [6.45, 7) is 1.51. The number of ketones is 2. The molecule has 13 nitrogen and oxygen atoms in total. The maximum atomic E-state index is 14.2. The van der Waals surface area contributed by atoms with Gasteiger partial charge in [-0.05, 0) is 77.5 Å². The summed E-state index contributed by atoms with van der Waals surface area (Å²) in [5, 5.41) is 48.4. The van der Waals surface area contributed by atoms with Gasteiger partial charge in [0.05, 0.1) is 17.3 Å². The Labute approximate surface area is 249 Å². The number of phenolic OH excluding ortho intramolecular Hbond substituents is 1. The number of hydrogen-bond acceptors (Lipinski definition) is 11. The number of piperidine rings is 1. The molecule has 1 saturated heterocycles. The van der Waals surface area contributed by atoms with Gasteiger partial charge in [0.25, 0.3) is 5.91 Å². The van der Waals surface area contributed by atoms with Crippen LogP contribution >= 0.6 is 0 Å². The van der Waals surface area contributed by atoms with E-state index in [-0.39, 0.29) is 41.5 Å². The number of aliphatic hydroxyl groups is 3. The Morgan fingerprint density at radius 3 is 2.28 bits per heavy atom. The highest BCUT2D eigenvalue weighted by atomic mass is 16.3. The average Bonchev–Trinajstić information content (AvgIpc) is 2.92. The number of benzene rings is 1. The third kappa shape index (κ3) is 4.57. The highest BCUT2D eigenvalue weighted by Gasteiger charge is 2.63. The first kappa shape index (κ1) is 30.5. The van der Waals surface area contributed by atoms with Gasteiger partial charge in [-0.1, -0.05) is 0 Å². The lowest BCUT2D eigenvalue weighted by molar-refractivity contribution is -0.148. The van der Waals surface area contributed by atoms with Crippen LogP contribution in [-0.4, -0.2) is 114 Å². The molecular formula is C30H39N5O8. The average molecular weight is 598 g/mol. The summed E-state index contributed by atoms with van der Waals surface area (Å²) in [7, 11) is 8.67. The number of nitrogens with zero attached hydrogens (tertiary/aromatic N) is 3. The van der Waals surface area contributed by atoms with Crippen LogP contribution in [0.2, 0.25) is 0 Å². The second-order valence-electron chi connectivity index (χ2n) is 12.6. The fourth-order valence-corrected chi connectivity index (χ4v) is 7.30. The summed E-state index contributed by atoms with van der Waals surface area (Å²) in [6.07, 6.45) is 1.44. The highest BCUT2D eigenvalue weighted by molar-refractivity contribution is 6.25. The van der Waals surface area contributed by atoms with Crippen LogP contribution in [0.25, 0.3) is 0 Å². The van der Waals surface area contributed by atoms with Gasteiger partial charge in [0.1, 0.15) is 17.1 Å². The molecule has 1 heterocycles. The van der Waals surface area contributed by atoms with Crippen molar-refractivity contribution in [3.8, 4) is 5.75 Å². The molecule has 0 aromatic heterocycles. The van der Waals surface area contributed by atoms with Crippen molar-refractivity contribution < 1.29 is 39.6 Å². The summed E-state index contributed by atoms with van der Waals surface area (Å²) in [5.41, 5.74) is 2.52. The minimum atomic E-state index is -2.72. The Morgan fingerprint density at radius 2 is 1.72 bits per heavy atom. The van der Waals surface area contributed by atoms with Gasteiger partial charge in [0.2, 0.25) is 11.7 Å². The van der Waals surface area contributed by atoms with Crippen LogP contribution in [0.3, 0.4) is 0 Å². The van der Waals surface area contributed by atoms with Crippen LogP contribution < -0.4 is 16.0 Å². The van der Waals surface area contributed by atoms with Crippen molar-refractivity contribution in [3.05, 3.63) is 39.9 Å². The molecule has 2 unspecified atom stereocenters. The van der Waals surface area contributed by atoms with Crippen molar-refractivity contribution in [3.63, 3.8) is 0 Å². The topological polar surface area (TPSA) is 197 Å². The number of carbonyl (C=O) groups excluding carboxylic acids is 4. The molecule has 3 aliphatic carbocycles. The zero-order chi connectivity index (χ0) is 31.7. The Balaban J connectivity index is 1.63. The predicted octanol–water partition coefficient (Wildman–Crippen LogP) is 0.467. The molecule has 1 aromatic carbocycles. The van der Waals surface area contributed by atoms with E-state index in [1.807, 2.05) is 7.05 Å². The standard InChI is InChI=1S/C30H39N5O8/c1-33(2)18-12-17(32-29(42)13-6-8-35(5)9-7-13)23(36)20-15(18)10-14-11-16-22(34(3)4)25(38)21(28(31)41)27(40)30(16,43)26(39)19(14)24(20)37/h12-14,16,22,36,38-39,43H,6-11H2,1-5H3,(H2,31,41)(H,32,42)/t14?,16?,22-,30-/m0/s1. The number of fused-ring (bicyclic) bond motifs is 3. The number of allylic oxidation sites excluding steroid dienone is 1. The van der Waals surface area contributed by atoms with Gasteiger partial charge in [-0.15, -0.1) is 0 Å². The number of aromatic hydroxyl groups is 1. The van der Waals surface area contributed by atoms with Gasteiger partial charge >= 0.3 is 0 Å². The number of nitrogens with one attached hydrogen (secondary N) is 1. The lowest BCUT2D eigenvalue weighted by Gasteiger charge is -2.50. The lowest BCUT2D eigenvalue weighted by Crippen LogP contribution is -2.63. The number of hydrogen-bond donors (Lipinski definition) is 6. The van der Waals surface area contributed by atoms with Crippen molar-refractivity contribution in [1.82, 2.24) is 9.80 Å². The Hall–Kier alpha value is -3.94. The minimum Gasteiger partial charge on any atom is -0.510 e. The van der Waals surface area contributed by atoms with E-state index in [0.717, 1.165) is 13.1 Å². The van der Waals surface area contributed by atoms with Gasteiger partial charge < -0.3 is 41.3 Å². The fraction of sp³-hybridized carbons (Fsp3) is 0.533. The van der Waals surface area contributed by atoms with Crippen LogP contribution in [-0.2, 0) is 20.8 Å². The normalized spacial score (nSPS) is 28.0. The molecule has 7 N–H and O–H groups in total. The third-order valence-electron chi connectivity index (χ3n) is 9.53. The lowest BCUT2D eigenvalue weighted by atomic mass is 9.58. The first-order chi connectivity index (χ1) is 20.1. The summed E-state index contributed by atoms with van der Waals surface area (Å²) < 4.78 is 0. The number of primary amides is 1.